The van der Waals surface area contributed by atoms with Crippen LogP contribution in [0.3, 0.4) is 0 Å². The van der Waals surface area contributed by atoms with E-state index in [1.165, 1.54) is 31.2 Å². The van der Waals surface area contributed by atoms with E-state index >= 15 is 0 Å². The van der Waals surface area contributed by atoms with E-state index in [1.807, 2.05) is 0 Å². The molecule has 0 radical (unpaired) electrons. The van der Waals surface area contributed by atoms with E-state index < -0.39 is 0 Å². The Morgan fingerprint density at radius 3 is 2.36 bits per heavy atom. The summed E-state index contributed by atoms with van der Waals surface area (Å²) in [5.41, 5.74) is 1.40. The Kier molecular flexibility index (Phi) is 3.67. The van der Waals surface area contributed by atoms with Crippen molar-refractivity contribution in [3.05, 3.63) is 34.3 Å². The fourth-order valence-corrected chi connectivity index (χ4v) is 2.93. The molecule has 1 fully saturated rings. The molecule has 0 spiro atoms. The normalized spacial score (nSPS) is 19.0. The summed E-state index contributed by atoms with van der Waals surface area (Å²) in [4.78, 5) is 0.542. The van der Waals surface area contributed by atoms with Crippen LogP contribution in [0, 0.1) is 5.92 Å². The number of halogens is 2. The van der Waals surface area contributed by atoms with Crippen molar-refractivity contribution >= 4 is 31.9 Å². The predicted molar refractivity (Wildman–Crippen MR) is 67.8 cm³/mol. The van der Waals surface area contributed by atoms with E-state index in [2.05, 4.69) is 56.1 Å². The van der Waals surface area contributed by atoms with Crippen molar-refractivity contribution in [1.82, 2.24) is 0 Å². The maximum Gasteiger partial charge on any atom is 0.0398 e. The summed E-state index contributed by atoms with van der Waals surface area (Å²) in [5.74, 6) is 0.961. The predicted octanol–water partition coefficient (Wildman–Crippen LogP) is 5.08. The highest BCUT2D eigenvalue weighted by Crippen LogP contribution is 2.38. The van der Waals surface area contributed by atoms with Crippen molar-refractivity contribution in [3.63, 3.8) is 0 Å². The van der Waals surface area contributed by atoms with Gasteiger partial charge in [0.05, 0.1) is 0 Å². The van der Waals surface area contributed by atoms with Gasteiger partial charge in [0.1, 0.15) is 0 Å². The summed E-state index contributed by atoms with van der Waals surface area (Å²) in [6, 6.07) is 8.62. The molecule has 1 saturated carbocycles. The lowest BCUT2D eigenvalue weighted by Gasteiger charge is -2.27. The van der Waals surface area contributed by atoms with Crippen LogP contribution in [0.1, 0.15) is 36.1 Å². The van der Waals surface area contributed by atoms with Gasteiger partial charge in [-0.3, -0.25) is 0 Å². The van der Waals surface area contributed by atoms with E-state index in [0.717, 1.165) is 10.4 Å². The molecule has 0 amide bonds. The molecule has 1 aliphatic rings. The highest BCUT2D eigenvalue weighted by molar-refractivity contribution is 9.10. The monoisotopic (exact) mass is 316 g/mol. The second kappa shape index (κ2) is 4.80. The maximum absolute atomic E-state index is 3.77. The molecule has 0 saturated heterocycles. The van der Waals surface area contributed by atoms with Crippen LogP contribution in [0.15, 0.2) is 28.7 Å². The Bertz CT molecular complexity index is 288. The summed E-state index contributed by atoms with van der Waals surface area (Å²) in [6.07, 6.45) is 5.59. The average Bonchev–Trinajstić information content (AvgIpc) is 2.12. The Labute approximate surface area is 102 Å². The van der Waals surface area contributed by atoms with Crippen LogP contribution in [0.4, 0.5) is 0 Å². The number of hydrogen-bond acceptors (Lipinski definition) is 0. The van der Waals surface area contributed by atoms with Gasteiger partial charge >= 0.3 is 0 Å². The summed E-state index contributed by atoms with van der Waals surface area (Å²) in [7, 11) is 0. The molecular formula is C12H14Br2. The lowest BCUT2D eigenvalue weighted by atomic mass is 9.81. The molecule has 14 heavy (non-hydrogen) atoms. The second-order valence-electron chi connectivity index (χ2n) is 4.05. The van der Waals surface area contributed by atoms with Gasteiger partial charge in [-0.2, -0.15) is 0 Å². The maximum atomic E-state index is 3.77. The zero-order chi connectivity index (χ0) is 9.97. The summed E-state index contributed by atoms with van der Waals surface area (Å²) in [5, 5.41) is 0. The van der Waals surface area contributed by atoms with Crippen LogP contribution in [0.5, 0.6) is 0 Å². The number of benzene rings is 1. The first kappa shape index (κ1) is 10.7. The molecule has 1 unspecified atom stereocenters. The average molecular weight is 318 g/mol. The van der Waals surface area contributed by atoms with Gasteiger partial charge in [0.15, 0.2) is 0 Å². The molecule has 76 valence electrons. The molecule has 1 aliphatic carbocycles. The topological polar surface area (TPSA) is 0 Å². The highest BCUT2D eigenvalue weighted by Gasteiger charge is 2.21. The largest absolute Gasteiger partial charge is 0.0839 e. The quantitative estimate of drug-likeness (QED) is 0.682. The number of hydrogen-bond donors (Lipinski definition) is 0. The van der Waals surface area contributed by atoms with Gasteiger partial charge in [0.25, 0.3) is 0 Å². The standard InChI is InChI=1S/C12H14Br2/c13-11-6-4-10(5-7-11)12(14)8-9-2-1-3-9/h4-7,9,12H,1-3,8H2. The highest BCUT2D eigenvalue weighted by atomic mass is 79.9. The number of alkyl halides is 1. The van der Waals surface area contributed by atoms with Gasteiger partial charge in [0.2, 0.25) is 0 Å². The third-order valence-corrected chi connectivity index (χ3v) is 4.43. The fraction of sp³-hybridized carbons (Fsp3) is 0.500. The van der Waals surface area contributed by atoms with Gasteiger partial charge in [-0.05, 0) is 30.0 Å². The Morgan fingerprint density at radius 2 is 1.86 bits per heavy atom. The van der Waals surface area contributed by atoms with E-state index in [1.54, 1.807) is 0 Å². The SMILES string of the molecule is Brc1ccc(C(Br)CC2CCC2)cc1. The molecule has 0 aromatic heterocycles. The smallest absolute Gasteiger partial charge is 0.0398 e. The van der Waals surface area contributed by atoms with Crippen molar-refractivity contribution in [2.75, 3.05) is 0 Å². The van der Waals surface area contributed by atoms with Crippen LogP contribution in [-0.4, -0.2) is 0 Å². The summed E-state index contributed by atoms with van der Waals surface area (Å²) >= 11 is 7.23. The minimum absolute atomic E-state index is 0.542. The van der Waals surface area contributed by atoms with Gasteiger partial charge in [-0.25, -0.2) is 0 Å². The first-order valence-electron chi connectivity index (χ1n) is 5.15. The van der Waals surface area contributed by atoms with E-state index in [-0.39, 0.29) is 0 Å². The molecule has 1 aromatic carbocycles. The molecule has 1 aromatic rings. The van der Waals surface area contributed by atoms with Gasteiger partial charge in [0, 0.05) is 9.30 Å². The van der Waals surface area contributed by atoms with Crippen LogP contribution < -0.4 is 0 Å². The third kappa shape index (κ3) is 2.60. The first-order valence-corrected chi connectivity index (χ1v) is 6.86. The van der Waals surface area contributed by atoms with Gasteiger partial charge in [-0.15, -0.1) is 0 Å². The Hall–Kier alpha value is 0.180. The van der Waals surface area contributed by atoms with Crippen molar-refractivity contribution in [1.29, 1.82) is 0 Å². The Morgan fingerprint density at radius 1 is 1.21 bits per heavy atom. The van der Waals surface area contributed by atoms with Crippen LogP contribution in [0.2, 0.25) is 0 Å². The first-order chi connectivity index (χ1) is 6.75. The lowest BCUT2D eigenvalue weighted by molar-refractivity contribution is 0.295. The van der Waals surface area contributed by atoms with Crippen molar-refractivity contribution in [2.45, 2.75) is 30.5 Å². The molecule has 0 bridgehead atoms. The van der Waals surface area contributed by atoms with Crippen molar-refractivity contribution in [2.24, 2.45) is 5.92 Å². The van der Waals surface area contributed by atoms with Crippen LogP contribution >= 0.6 is 31.9 Å². The molecule has 2 rings (SSSR count). The Balaban J connectivity index is 1.95. The molecule has 2 heteroatoms. The van der Waals surface area contributed by atoms with Gasteiger partial charge in [-0.1, -0.05) is 63.3 Å². The summed E-state index contributed by atoms with van der Waals surface area (Å²) < 4.78 is 1.16. The second-order valence-corrected chi connectivity index (χ2v) is 6.07. The lowest BCUT2D eigenvalue weighted by Crippen LogP contribution is -2.12. The fourth-order valence-electron chi connectivity index (χ4n) is 1.83. The minimum atomic E-state index is 0.542. The van der Waals surface area contributed by atoms with Crippen molar-refractivity contribution < 1.29 is 0 Å². The zero-order valence-electron chi connectivity index (χ0n) is 8.05. The molecule has 0 N–H and O–H groups in total. The van der Waals surface area contributed by atoms with Crippen molar-refractivity contribution in [3.8, 4) is 0 Å². The molecule has 0 aliphatic heterocycles. The summed E-state index contributed by atoms with van der Waals surface area (Å²) in [6.45, 7) is 0. The zero-order valence-corrected chi connectivity index (χ0v) is 11.2. The van der Waals surface area contributed by atoms with E-state index in [4.69, 9.17) is 0 Å². The van der Waals surface area contributed by atoms with E-state index in [0.29, 0.717) is 4.83 Å². The van der Waals surface area contributed by atoms with E-state index in [9.17, 15) is 0 Å². The molecular weight excluding hydrogens is 304 g/mol. The van der Waals surface area contributed by atoms with Gasteiger partial charge < -0.3 is 0 Å². The minimum Gasteiger partial charge on any atom is -0.0839 e. The molecule has 0 nitrogen and oxygen atoms in total. The third-order valence-electron chi connectivity index (χ3n) is 3.00. The molecule has 0 heterocycles. The molecule has 1 atom stereocenters. The van der Waals surface area contributed by atoms with Crippen LogP contribution in [0.25, 0.3) is 0 Å². The number of rotatable bonds is 3. The van der Waals surface area contributed by atoms with Crippen LogP contribution in [-0.2, 0) is 0 Å².